The standard InChI is InChI=1S/C17H18N2O4S2/c1-25(22,23)9-10-5-7-11(8-6-10)16(21)19-17-14(15(18)20)12-3-2-4-13(12)24-17/h5-8H,2-4,9H2,1H3,(H2,18,20)(H,19,21). The van der Waals surface area contributed by atoms with Gasteiger partial charge >= 0.3 is 0 Å². The molecule has 0 bridgehead atoms. The van der Waals surface area contributed by atoms with Crippen LogP contribution in [0.15, 0.2) is 24.3 Å². The minimum Gasteiger partial charge on any atom is -0.365 e. The van der Waals surface area contributed by atoms with E-state index in [9.17, 15) is 18.0 Å². The van der Waals surface area contributed by atoms with Crippen molar-refractivity contribution < 1.29 is 18.0 Å². The Hall–Kier alpha value is -2.19. The summed E-state index contributed by atoms with van der Waals surface area (Å²) in [7, 11) is -3.12. The summed E-state index contributed by atoms with van der Waals surface area (Å²) in [6, 6.07) is 6.36. The molecule has 0 atom stereocenters. The molecule has 3 N–H and O–H groups in total. The van der Waals surface area contributed by atoms with Gasteiger partial charge in [-0.2, -0.15) is 0 Å². The van der Waals surface area contributed by atoms with Crippen molar-refractivity contribution in [3.8, 4) is 0 Å². The fourth-order valence-electron chi connectivity index (χ4n) is 2.98. The molecule has 1 aliphatic carbocycles. The minimum atomic E-state index is -3.12. The van der Waals surface area contributed by atoms with Gasteiger partial charge in [0.15, 0.2) is 9.84 Å². The molecule has 6 nitrogen and oxygen atoms in total. The molecule has 0 radical (unpaired) electrons. The summed E-state index contributed by atoms with van der Waals surface area (Å²) in [5.74, 6) is -0.954. The Labute approximate surface area is 150 Å². The number of amides is 2. The molecule has 1 heterocycles. The number of rotatable bonds is 5. The summed E-state index contributed by atoms with van der Waals surface area (Å²) in [6.07, 6.45) is 3.86. The Kier molecular flexibility index (Phi) is 4.66. The fraction of sp³-hybridized carbons (Fsp3) is 0.294. The number of nitrogens with two attached hydrogens (primary N) is 1. The van der Waals surface area contributed by atoms with E-state index in [1.165, 1.54) is 11.3 Å². The SMILES string of the molecule is CS(=O)(=O)Cc1ccc(C(=O)Nc2sc3c(c2C(N)=O)CCC3)cc1. The Morgan fingerprint density at radius 2 is 1.88 bits per heavy atom. The smallest absolute Gasteiger partial charge is 0.256 e. The number of hydrogen-bond donors (Lipinski definition) is 2. The third-order valence-electron chi connectivity index (χ3n) is 4.04. The number of benzene rings is 1. The first-order valence-corrected chi connectivity index (χ1v) is 10.6. The van der Waals surface area contributed by atoms with E-state index in [0.717, 1.165) is 36.0 Å². The Bertz CT molecular complexity index is 944. The maximum atomic E-state index is 12.4. The zero-order valence-corrected chi connectivity index (χ0v) is 15.3. The first-order chi connectivity index (χ1) is 11.7. The lowest BCUT2D eigenvalue weighted by Crippen LogP contribution is -2.17. The van der Waals surface area contributed by atoms with Crippen molar-refractivity contribution in [1.82, 2.24) is 0 Å². The highest BCUT2D eigenvalue weighted by molar-refractivity contribution is 7.89. The van der Waals surface area contributed by atoms with Gasteiger partial charge in [-0.25, -0.2) is 8.42 Å². The van der Waals surface area contributed by atoms with Crippen LogP contribution in [0.2, 0.25) is 0 Å². The molecule has 0 saturated heterocycles. The van der Waals surface area contributed by atoms with Crippen LogP contribution in [0.25, 0.3) is 0 Å². The van der Waals surface area contributed by atoms with Crippen molar-refractivity contribution >= 4 is 38.0 Å². The second-order valence-corrected chi connectivity index (χ2v) is 9.39. The molecule has 0 aliphatic heterocycles. The van der Waals surface area contributed by atoms with Gasteiger partial charge < -0.3 is 11.1 Å². The van der Waals surface area contributed by atoms with E-state index < -0.39 is 15.7 Å². The van der Waals surface area contributed by atoms with Gasteiger partial charge in [0.25, 0.3) is 11.8 Å². The van der Waals surface area contributed by atoms with Crippen molar-refractivity contribution in [2.75, 3.05) is 11.6 Å². The van der Waals surface area contributed by atoms with E-state index in [4.69, 9.17) is 5.73 Å². The average Bonchev–Trinajstić information content (AvgIpc) is 3.06. The molecule has 0 fully saturated rings. The van der Waals surface area contributed by atoms with Crippen molar-refractivity contribution in [1.29, 1.82) is 0 Å². The van der Waals surface area contributed by atoms with Crippen LogP contribution >= 0.6 is 11.3 Å². The molecular formula is C17H18N2O4S2. The monoisotopic (exact) mass is 378 g/mol. The maximum absolute atomic E-state index is 12.4. The van der Waals surface area contributed by atoms with Crippen LogP contribution < -0.4 is 11.1 Å². The van der Waals surface area contributed by atoms with Crippen molar-refractivity contribution in [3.63, 3.8) is 0 Å². The van der Waals surface area contributed by atoms with Crippen molar-refractivity contribution in [3.05, 3.63) is 51.4 Å². The van der Waals surface area contributed by atoms with Crippen LogP contribution in [0.3, 0.4) is 0 Å². The lowest BCUT2D eigenvalue weighted by atomic mass is 10.1. The zero-order valence-electron chi connectivity index (χ0n) is 13.7. The van der Waals surface area contributed by atoms with Gasteiger partial charge in [0.2, 0.25) is 0 Å². The first kappa shape index (κ1) is 17.6. The number of carbonyl (C=O) groups is 2. The molecule has 132 valence electrons. The number of aryl methyl sites for hydroxylation is 1. The number of fused-ring (bicyclic) bond motifs is 1. The largest absolute Gasteiger partial charge is 0.365 e. The quantitative estimate of drug-likeness (QED) is 0.831. The number of carbonyl (C=O) groups excluding carboxylic acids is 2. The van der Waals surface area contributed by atoms with Gasteiger partial charge in [-0.1, -0.05) is 12.1 Å². The molecule has 3 rings (SSSR count). The number of primary amides is 1. The van der Waals surface area contributed by atoms with Crippen LogP contribution in [-0.2, 0) is 28.4 Å². The fourth-order valence-corrected chi connectivity index (χ4v) is 5.07. The predicted molar refractivity (Wildman–Crippen MR) is 97.8 cm³/mol. The van der Waals surface area contributed by atoms with Gasteiger partial charge in [-0.05, 0) is 42.5 Å². The highest BCUT2D eigenvalue weighted by Gasteiger charge is 2.26. The molecule has 1 aromatic carbocycles. The summed E-state index contributed by atoms with van der Waals surface area (Å²) in [5, 5.41) is 3.25. The minimum absolute atomic E-state index is 0.0711. The molecule has 0 unspecified atom stereocenters. The van der Waals surface area contributed by atoms with E-state index in [-0.39, 0.29) is 11.7 Å². The van der Waals surface area contributed by atoms with E-state index in [2.05, 4.69) is 5.32 Å². The van der Waals surface area contributed by atoms with Crippen molar-refractivity contribution in [2.45, 2.75) is 25.0 Å². The Morgan fingerprint density at radius 3 is 2.48 bits per heavy atom. The van der Waals surface area contributed by atoms with E-state index >= 15 is 0 Å². The number of hydrogen-bond acceptors (Lipinski definition) is 5. The molecule has 0 spiro atoms. The molecule has 0 saturated carbocycles. The second kappa shape index (κ2) is 6.61. The normalized spacial score (nSPS) is 13.5. The predicted octanol–water partition coefficient (Wildman–Crippen LogP) is 2.13. The van der Waals surface area contributed by atoms with Crippen LogP contribution in [0.4, 0.5) is 5.00 Å². The summed E-state index contributed by atoms with van der Waals surface area (Å²) in [6.45, 7) is 0. The first-order valence-electron chi connectivity index (χ1n) is 7.77. The lowest BCUT2D eigenvalue weighted by molar-refractivity contribution is 0.100. The summed E-state index contributed by atoms with van der Waals surface area (Å²) in [4.78, 5) is 25.3. The summed E-state index contributed by atoms with van der Waals surface area (Å²) >= 11 is 1.40. The molecular weight excluding hydrogens is 360 g/mol. The van der Waals surface area contributed by atoms with E-state index in [1.807, 2.05) is 0 Å². The van der Waals surface area contributed by atoms with Gasteiger partial charge in [0.1, 0.15) is 5.00 Å². The third kappa shape index (κ3) is 3.91. The van der Waals surface area contributed by atoms with Gasteiger partial charge in [-0.15, -0.1) is 11.3 Å². The third-order valence-corrected chi connectivity index (χ3v) is 6.10. The number of nitrogens with one attached hydrogen (secondary N) is 1. The van der Waals surface area contributed by atoms with Gasteiger partial charge in [0, 0.05) is 16.7 Å². The number of anilines is 1. The van der Waals surface area contributed by atoms with Crippen LogP contribution in [0.1, 0.15) is 43.1 Å². The Morgan fingerprint density at radius 1 is 1.20 bits per heavy atom. The molecule has 1 aromatic heterocycles. The highest BCUT2D eigenvalue weighted by atomic mass is 32.2. The molecule has 2 amide bonds. The molecule has 1 aliphatic rings. The summed E-state index contributed by atoms with van der Waals surface area (Å²) in [5.41, 5.74) is 7.86. The summed E-state index contributed by atoms with van der Waals surface area (Å²) < 4.78 is 22.6. The van der Waals surface area contributed by atoms with E-state index in [1.54, 1.807) is 24.3 Å². The molecule has 2 aromatic rings. The van der Waals surface area contributed by atoms with Gasteiger partial charge in [-0.3, -0.25) is 9.59 Å². The number of thiophene rings is 1. The number of sulfone groups is 1. The highest BCUT2D eigenvalue weighted by Crippen LogP contribution is 2.39. The van der Waals surface area contributed by atoms with Crippen LogP contribution in [-0.4, -0.2) is 26.5 Å². The lowest BCUT2D eigenvalue weighted by Gasteiger charge is -2.07. The van der Waals surface area contributed by atoms with Crippen LogP contribution in [0.5, 0.6) is 0 Å². The average molecular weight is 378 g/mol. The van der Waals surface area contributed by atoms with Crippen LogP contribution in [0, 0.1) is 0 Å². The van der Waals surface area contributed by atoms with E-state index in [0.29, 0.717) is 21.7 Å². The Balaban J connectivity index is 1.80. The maximum Gasteiger partial charge on any atom is 0.256 e. The molecule has 8 heteroatoms. The zero-order chi connectivity index (χ0) is 18.2. The van der Waals surface area contributed by atoms with Crippen molar-refractivity contribution in [2.24, 2.45) is 5.73 Å². The topological polar surface area (TPSA) is 106 Å². The second-order valence-electron chi connectivity index (χ2n) is 6.15. The van der Waals surface area contributed by atoms with Gasteiger partial charge in [0.05, 0.1) is 11.3 Å². The molecule has 25 heavy (non-hydrogen) atoms.